The summed E-state index contributed by atoms with van der Waals surface area (Å²) in [5.41, 5.74) is -1.58. The van der Waals surface area contributed by atoms with E-state index < -0.39 is 23.6 Å². The van der Waals surface area contributed by atoms with Crippen molar-refractivity contribution in [2.75, 3.05) is 0 Å². The minimum absolute atomic E-state index is 0.0389. The van der Waals surface area contributed by atoms with Crippen molar-refractivity contribution in [2.45, 2.75) is 12.4 Å². The highest BCUT2D eigenvalue weighted by Crippen LogP contribution is 2.36. The molecule has 0 aliphatic heterocycles. The van der Waals surface area contributed by atoms with Crippen LogP contribution in [0.2, 0.25) is 0 Å². The van der Waals surface area contributed by atoms with Gasteiger partial charge in [-0.2, -0.15) is 26.3 Å². The number of pyridine rings is 1. The number of H-pyrrole nitrogens is 1. The smallest absolute Gasteiger partial charge is 0.434 e. The van der Waals surface area contributed by atoms with E-state index in [1.807, 2.05) is 0 Å². The molecule has 144 valence electrons. The molecule has 3 heterocycles. The van der Waals surface area contributed by atoms with Gasteiger partial charge in [-0.05, 0) is 24.3 Å². The number of benzene rings is 1. The van der Waals surface area contributed by atoms with Gasteiger partial charge in [0.25, 0.3) is 0 Å². The largest absolute Gasteiger partial charge is 0.436 e. The van der Waals surface area contributed by atoms with Crippen molar-refractivity contribution in [3.8, 4) is 22.8 Å². The number of aromatic nitrogens is 4. The number of rotatable bonds is 2. The van der Waals surface area contributed by atoms with Crippen LogP contribution in [0.5, 0.6) is 0 Å². The molecule has 0 unspecified atom stereocenters. The number of halogens is 6. The van der Waals surface area contributed by atoms with Crippen LogP contribution >= 0.6 is 0 Å². The van der Waals surface area contributed by atoms with Gasteiger partial charge in [-0.1, -0.05) is 0 Å². The molecule has 0 atom stereocenters. The molecular weight excluding hydrogens is 390 g/mol. The van der Waals surface area contributed by atoms with Crippen LogP contribution in [0.25, 0.3) is 33.9 Å². The number of imidazole rings is 1. The zero-order chi connectivity index (χ0) is 20.1. The summed E-state index contributed by atoms with van der Waals surface area (Å²) in [6, 6.07) is 4.23. The van der Waals surface area contributed by atoms with Gasteiger partial charge in [-0.25, -0.2) is 9.97 Å². The van der Waals surface area contributed by atoms with Crippen molar-refractivity contribution in [2.24, 2.45) is 0 Å². The molecule has 4 aromatic rings. The van der Waals surface area contributed by atoms with Gasteiger partial charge in [-0.15, -0.1) is 0 Å². The Balaban J connectivity index is 1.81. The molecule has 5 nitrogen and oxygen atoms in total. The Hall–Kier alpha value is -3.37. The van der Waals surface area contributed by atoms with Gasteiger partial charge in [0, 0.05) is 24.2 Å². The number of fused-ring (bicyclic) bond motifs is 1. The summed E-state index contributed by atoms with van der Waals surface area (Å²) in [7, 11) is 0. The summed E-state index contributed by atoms with van der Waals surface area (Å²) in [5.74, 6) is -0.203. The summed E-state index contributed by atoms with van der Waals surface area (Å²) in [6.07, 6.45) is -5.87. The number of hydrogen-bond donors (Lipinski definition) is 1. The first-order chi connectivity index (χ1) is 13.1. The van der Waals surface area contributed by atoms with Crippen LogP contribution in [0.1, 0.15) is 11.3 Å². The predicted molar refractivity (Wildman–Crippen MR) is 84.8 cm³/mol. The molecule has 0 saturated carbocycles. The maximum absolute atomic E-state index is 12.9. The molecule has 4 rings (SSSR count). The lowest BCUT2D eigenvalue weighted by Gasteiger charge is -2.04. The van der Waals surface area contributed by atoms with E-state index >= 15 is 0 Å². The van der Waals surface area contributed by atoms with E-state index in [1.54, 1.807) is 0 Å². The summed E-state index contributed by atoms with van der Waals surface area (Å²) >= 11 is 0. The summed E-state index contributed by atoms with van der Waals surface area (Å²) in [6.45, 7) is 0. The topological polar surface area (TPSA) is 67.6 Å². The average molecular weight is 398 g/mol. The molecule has 1 aromatic carbocycles. The Kier molecular flexibility index (Phi) is 3.91. The molecule has 0 bridgehead atoms. The minimum Gasteiger partial charge on any atom is -0.436 e. The third-order valence-corrected chi connectivity index (χ3v) is 3.89. The van der Waals surface area contributed by atoms with E-state index in [4.69, 9.17) is 4.42 Å². The van der Waals surface area contributed by atoms with Crippen LogP contribution < -0.4 is 0 Å². The molecule has 0 aliphatic rings. The molecule has 28 heavy (non-hydrogen) atoms. The second kappa shape index (κ2) is 6.08. The van der Waals surface area contributed by atoms with Crippen molar-refractivity contribution >= 4 is 11.1 Å². The fourth-order valence-electron chi connectivity index (χ4n) is 2.59. The number of nitrogens with one attached hydrogen (secondary N) is 1. The van der Waals surface area contributed by atoms with Crippen molar-refractivity contribution in [1.29, 1.82) is 0 Å². The first kappa shape index (κ1) is 18.0. The Morgan fingerprint density at radius 2 is 1.68 bits per heavy atom. The lowest BCUT2D eigenvalue weighted by molar-refractivity contribution is -0.141. The molecule has 0 spiro atoms. The molecule has 0 aliphatic carbocycles. The standard InChI is InChI=1S/C17H8F6N4O/c18-16(19,20)8-1-2-12-11(5-8)26-15(28-12)9-3-4-24-6-10(9)14-25-7-13(27-14)17(21,22)23/h1-7H,(H,25,27). The molecule has 0 fully saturated rings. The molecule has 0 radical (unpaired) electrons. The molecule has 0 saturated heterocycles. The molecule has 11 heteroatoms. The molecule has 3 aromatic heterocycles. The highest BCUT2D eigenvalue weighted by Gasteiger charge is 2.34. The quantitative estimate of drug-likeness (QED) is 0.464. The van der Waals surface area contributed by atoms with Crippen molar-refractivity contribution in [3.63, 3.8) is 0 Å². The number of oxazole rings is 1. The maximum atomic E-state index is 12.9. The van der Waals surface area contributed by atoms with Crippen LogP contribution in [-0.2, 0) is 12.4 Å². The average Bonchev–Trinajstić information content (AvgIpc) is 3.27. The normalized spacial score (nSPS) is 12.6. The van der Waals surface area contributed by atoms with Gasteiger partial charge in [-0.3, -0.25) is 4.98 Å². The number of nitrogens with zero attached hydrogens (tertiary/aromatic N) is 3. The first-order valence-electron chi connectivity index (χ1n) is 7.68. The van der Waals surface area contributed by atoms with E-state index in [9.17, 15) is 26.3 Å². The molecular formula is C17H8F6N4O. The summed E-state index contributed by atoms with van der Waals surface area (Å²) in [4.78, 5) is 13.8. The Bertz CT molecular complexity index is 1160. The van der Waals surface area contributed by atoms with E-state index in [-0.39, 0.29) is 33.9 Å². The van der Waals surface area contributed by atoms with Crippen molar-refractivity contribution in [3.05, 3.63) is 54.1 Å². The first-order valence-corrected chi connectivity index (χ1v) is 7.68. The zero-order valence-electron chi connectivity index (χ0n) is 13.6. The number of aromatic amines is 1. The fourth-order valence-corrected chi connectivity index (χ4v) is 2.59. The molecule has 1 N–H and O–H groups in total. The minimum atomic E-state index is -4.64. The molecule has 0 amide bonds. The van der Waals surface area contributed by atoms with Crippen LogP contribution in [0.4, 0.5) is 26.3 Å². The van der Waals surface area contributed by atoms with Gasteiger partial charge < -0.3 is 9.40 Å². The number of hydrogen-bond acceptors (Lipinski definition) is 4. The van der Waals surface area contributed by atoms with Gasteiger partial charge in [0.2, 0.25) is 5.89 Å². The predicted octanol–water partition coefficient (Wildman–Crippen LogP) is 5.32. The Morgan fingerprint density at radius 3 is 2.36 bits per heavy atom. The van der Waals surface area contributed by atoms with Crippen molar-refractivity contribution in [1.82, 2.24) is 19.9 Å². The van der Waals surface area contributed by atoms with Crippen LogP contribution in [0, 0.1) is 0 Å². The SMILES string of the molecule is FC(F)(F)c1ccc2oc(-c3ccncc3-c3nc(C(F)(F)F)c[nH]3)nc2c1. The van der Waals surface area contributed by atoms with Crippen LogP contribution in [0.15, 0.2) is 47.3 Å². The second-order valence-corrected chi connectivity index (χ2v) is 5.75. The summed E-state index contributed by atoms with van der Waals surface area (Å²) in [5, 5.41) is 0. The number of alkyl halides is 6. The second-order valence-electron chi connectivity index (χ2n) is 5.75. The van der Waals surface area contributed by atoms with Crippen molar-refractivity contribution < 1.29 is 30.8 Å². The highest BCUT2D eigenvalue weighted by molar-refractivity contribution is 5.81. The van der Waals surface area contributed by atoms with Gasteiger partial charge in [0.1, 0.15) is 11.3 Å². The highest BCUT2D eigenvalue weighted by atomic mass is 19.4. The third-order valence-electron chi connectivity index (χ3n) is 3.89. The van der Waals surface area contributed by atoms with Gasteiger partial charge >= 0.3 is 12.4 Å². The van der Waals surface area contributed by atoms with E-state index in [0.29, 0.717) is 6.20 Å². The van der Waals surface area contributed by atoms with Crippen LogP contribution in [-0.4, -0.2) is 19.9 Å². The van der Waals surface area contributed by atoms with Crippen LogP contribution in [0.3, 0.4) is 0 Å². The van der Waals surface area contributed by atoms with E-state index in [0.717, 1.165) is 18.2 Å². The maximum Gasteiger partial charge on any atom is 0.434 e. The van der Waals surface area contributed by atoms with E-state index in [2.05, 4.69) is 19.9 Å². The van der Waals surface area contributed by atoms with Gasteiger partial charge in [0.15, 0.2) is 11.3 Å². The Morgan fingerprint density at radius 1 is 0.893 bits per heavy atom. The monoisotopic (exact) mass is 398 g/mol. The fraction of sp³-hybridized carbons (Fsp3) is 0.118. The Labute approximate surface area is 152 Å². The third kappa shape index (κ3) is 3.19. The zero-order valence-corrected chi connectivity index (χ0v) is 13.6. The lowest BCUT2D eigenvalue weighted by atomic mass is 10.1. The van der Waals surface area contributed by atoms with E-state index in [1.165, 1.54) is 18.5 Å². The van der Waals surface area contributed by atoms with Gasteiger partial charge in [0.05, 0.1) is 11.1 Å². The summed E-state index contributed by atoms with van der Waals surface area (Å²) < 4.78 is 82.4. The lowest BCUT2D eigenvalue weighted by Crippen LogP contribution is -2.04.